The molecule has 0 fully saturated rings. The molecule has 11 rings (SSSR count). The molecule has 0 amide bonds. The molecule has 0 N–H and O–H groups in total. The van der Waals surface area contributed by atoms with Crippen LogP contribution in [0.15, 0.2) is 217 Å². The van der Waals surface area contributed by atoms with Crippen molar-refractivity contribution in [3.63, 3.8) is 0 Å². The molecule has 2 heteroatoms. The predicted molar refractivity (Wildman–Crippen MR) is 237 cm³/mol. The van der Waals surface area contributed by atoms with Crippen LogP contribution in [0.4, 0.5) is 17.1 Å². The van der Waals surface area contributed by atoms with Gasteiger partial charge in [0.25, 0.3) is 0 Å². The summed E-state index contributed by atoms with van der Waals surface area (Å²) in [6, 6.07) is 62.6. The summed E-state index contributed by atoms with van der Waals surface area (Å²) in [4.78, 5) is 1.91. The lowest BCUT2D eigenvalue weighted by Gasteiger charge is -2.28. The standard InChI is InChI=1S/C54H35NO/c1-3-17-42-36(13-1)15-11-23-44(42)38-27-31-40(32-28-38)55(41-33-29-39(30-34-41)45-24-12-16-37-14-2-4-18-43(37)45)52-25-9-7-20-47(52)50-35-51-48-21-8-10-26-53(48)56-54(51)49-22-6-5-19-46(49)50/h1-35H/i27D,28D,31D,32D. The van der Waals surface area contributed by atoms with Gasteiger partial charge in [0.1, 0.15) is 11.2 Å². The Morgan fingerprint density at radius 3 is 1.61 bits per heavy atom. The fourth-order valence-corrected chi connectivity index (χ4v) is 8.32. The second-order valence-corrected chi connectivity index (χ2v) is 14.1. The minimum atomic E-state index is -0.131. The zero-order chi connectivity index (χ0) is 40.5. The molecule has 0 spiro atoms. The Bertz CT molecular complexity index is 3460. The SMILES string of the molecule is [2H]c1c([2H])c(N(c2ccc(-c3cccc4ccccc34)cc2)c2ccccc2-c2cc3c4ccccc4oc3c3ccccc23)c([2H])c([2H])c1-c1cccc2ccccc12. The van der Waals surface area contributed by atoms with E-state index in [1.165, 1.54) is 0 Å². The Balaban J connectivity index is 1.18. The second kappa shape index (κ2) is 13.2. The molecule has 1 aromatic heterocycles. The molecule has 56 heavy (non-hydrogen) atoms. The van der Waals surface area contributed by atoms with Crippen LogP contribution in [0.3, 0.4) is 0 Å². The molecule has 0 aliphatic carbocycles. The zero-order valence-electron chi connectivity index (χ0n) is 34.3. The fraction of sp³-hybridized carbons (Fsp3) is 0. The Hall–Kier alpha value is -7.42. The minimum Gasteiger partial charge on any atom is -0.455 e. The minimum absolute atomic E-state index is 0.103. The first-order chi connectivity index (χ1) is 29.5. The summed E-state index contributed by atoms with van der Waals surface area (Å²) < 4.78 is 45.2. The summed E-state index contributed by atoms with van der Waals surface area (Å²) in [7, 11) is 0. The third kappa shape index (κ3) is 5.26. The van der Waals surface area contributed by atoms with Gasteiger partial charge in [-0.2, -0.15) is 0 Å². The number of anilines is 3. The van der Waals surface area contributed by atoms with Gasteiger partial charge in [-0.05, 0) is 97.2 Å². The quantitative estimate of drug-likeness (QED) is 0.170. The van der Waals surface area contributed by atoms with Crippen molar-refractivity contribution in [2.45, 2.75) is 0 Å². The zero-order valence-corrected chi connectivity index (χ0v) is 30.3. The molecule has 0 atom stereocenters. The average Bonchev–Trinajstić information content (AvgIpc) is 3.68. The molecule has 2 nitrogen and oxygen atoms in total. The van der Waals surface area contributed by atoms with Crippen molar-refractivity contribution in [2.75, 3.05) is 4.90 Å². The highest BCUT2D eigenvalue weighted by Crippen LogP contribution is 2.46. The van der Waals surface area contributed by atoms with E-state index in [0.29, 0.717) is 16.9 Å². The first-order valence-corrected chi connectivity index (χ1v) is 18.9. The van der Waals surface area contributed by atoms with Crippen molar-refractivity contribution in [3.05, 3.63) is 212 Å². The molecule has 0 aliphatic rings. The maximum atomic E-state index is 9.77. The summed E-state index contributed by atoms with van der Waals surface area (Å²) in [5, 5.41) is 8.11. The monoisotopic (exact) mass is 717 g/mol. The van der Waals surface area contributed by atoms with Gasteiger partial charge in [-0.15, -0.1) is 0 Å². The first kappa shape index (κ1) is 28.1. The normalized spacial score (nSPS) is 12.6. The molecule has 0 saturated carbocycles. The number of rotatable bonds is 6. The van der Waals surface area contributed by atoms with Crippen molar-refractivity contribution in [1.82, 2.24) is 0 Å². The van der Waals surface area contributed by atoms with Crippen molar-refractivity contribution < 1.29 is 9.90 Å². The van der Waals surface area contributed by atoms with Crippen LogP contribution in [0.25, 0.3) is 87.6 Å². The van der Waals surface area contributed by atoms with E-state index in [1.54, 1.807) is 0 Å². The van der Waals surface area contributed by atoms with E-state index >= 15 is 0 Å². The molecule has 11 aromatic rings. The predicted octanol–water partition coefficient (Wildman–Crippen LogP) is 15.5. The Labute approximate surface area is 330 Å². The van der Waals surface area contributed by atoms with Gasteiger partial charge in [0.15, 0.2) is 0 Å². The van der Waals surface area contributed by atoms with Gasteiger partial charge in [0, 0.05) is 33.1 Å². The molecule has 10 aromatic carbocycles. The largest absolute Gasteiger partial charge is 0.455 e. The van der Waals surface area contributed by atoms with Gasteiger partial charge >= 0.3 is 0 Å². The van der Waals surface area contributed by atoms with Crippen LogP contribution < -0.4 is 4.90 Å². The van der Waals surface area contributed by atoms with Crippen LogP contribution >= 0.6 is 0 Å². The maximum Gasteiger partial charge on any atom is 0.143 e. The van der Waals surface area contributed by atoms with Crippen LogP contribution in [-0.4, -0.2) is 0 Å². The van der Waals surface area contributed by atoms with E-state index < -0.39 is 0 Å². The lowest BCUT2D eigenvalue weighted by Crippen LogP contribution is -2.11. The summed E-state index contributed by atoms with van der Waals surface area (Å²) >= 11 is 0. The number of para-hydroxylation sites is 2. The van der Waals surface area contributed by atoms with E-state index in [1.807, 2.05) is 114 Å². The smallest absolute Gasteiger partial charge is 0.143 e. The van der Waals surface area contributed by atoms with E-state index in [2.05, 4.69) is 78.9 Å². The molecule has 1 heterocycles. The van der Waals surface area contributed by atoms with Crippen molar-refractivity contribution >= 4 is 71.3 Å². The fourth-order valence-electron chi connectivity index (χ4n) is 8.32. The Morgan fingerprint density at radius 2 is 0.893 bits per heavy atom. The number of nitrogens with zero attached hydrogens (tertiary/aromatic N) is 1. The lowest BCUT2D eigenvalue weighted by atomic mass is 9.93. The molecule has 0 aliphatic heterocycles. The van der Waals surface area contributed by atoms with Crippen molar-refractivity contribution in [1.29, 1.82) is 0 Å². The highest BCUT2D eigenvalue weighted by molar-refractivity contribution is 6.20. The highest BCUT2D eigenvalue weighted by atomic mass is 16.3. The van der Waals surface area contributed by atoms with Gasteiger partial charge in [-0.3, -0.25) is 0 Å². The number of hydrogen-bond acceptors (Lipinski definition) is 2. The lowest BCUT2D eigenvalue weighted by molar-refractivity contribution is 0.672. The summed E-state index contributed by atoms with van der Waals surface area (Å²) in [5.74, 6) is 0. The van der Waals surface area contributed by atoms with Crippen LogP contribution in [0.5, 0.6) is 0 Å². The maximum absolute atomic E-state index is 9.77. The van der Waals surface area contributed by atoms with Crippen LogP contribution in [-0.2, 0) is 0 Å². The third-order valence-corrected chi connectivity index (χ3v) is 10.9. The van der Waals surface area contributed by atoms with Crippen LogP contribution in [0, 0.1) is 0 Å². The van der Waals surface area contributed by atoms with Crippen molar-refractivity contribution in [3.8, 4) is 33.4 Å². The Kier molecular flexibility index (Phi) is 6.60. The summed E-state index contributed by atoms with van der Waals surface area (Å²) in [6.07, 6.45) is 0. The number of hydrogen-bond donors (Lipinski definition) is 0. The molecular formula is C54H35NO. The van der Waals surface area contributed by atoms with Gasteiger partial charge in [0.2, 0.25) is 0 Å². The molecule has 0 bridgehead atoms. The number of furan rings is 1. The van der Waals surface area contributed by atoms with E-state index in [-0.39, 0.29) is 35.4 Å². The van der Waals surface area contributed by atoms with Gasteiger partial charge in [-0.1, -0.05) is 170 Å². The third-order valence-electron chi connectivity index (χ3n) is 10.9. The van der Waals surface area contributed by atoms with Crippen LogP contribution in [0.1, 0.15) is 5.48 Å². The molecule has 0 unspecified atom stereocenters. The first-order valence-electron chi connectivity index (χ1n) is 20.9. The van der Waals surface area contributed by atoms with Crippen molar-refractivity contribution in [2.24, 2.45) is 0 Å². The summed E-state index contributed by atoms with van der Waals surface area (Å²) in [5.41, 5.74) is 8.09. The topological polar surface area (TPSA) is 16.4 Å². The highest BCUT2D eigenvalue weighted by Gasteiger charge is 2.21. The molecular weight excluding hydrogens is 679 g/mol. The number of benzene rings is 10. The van der Waals surface area contributed by atoms with Crippen LogP contribution in [0.2, 0.25) is 0 Å². The summed E-state index contributed by atoms with van der Waals surface area (Å²) in [6.45, 7) is 0. The van der Waals surface area contributed by atoms with E-state index in [9.17, 15) is 5.48 Å². The Morgan fingerprint density at radius 1 is 0.357 bits per heavy atom. The van der Waals surface area contributed by atoms with Gasteiger partial charge in [-0.25, -0.2) is 0 Å². The van der Waals surface area contributed by atoms with Gasteiger partial charge in [0.05, 0.1) is 11.2 Å². The van der Waals surface area contributed by atoms with E-state index in [4.69, 9.17) is 4.42 Å². The molecule has 0 saturated heterocycles. The average molecular weight is 718 g/mol. The molecule has 0 radical (unpaired) electrons. The van der Waals surface area contributed by atoms with E-state index in [0.717, 1.165) is 76.5 Å². The number of fused-ring (bicyclic) bond motifs is 7. The second-order valence-electron chi connectivity index (χ2n) is 14.1. The van der Waals surface area contributed by atoms with Gasteiger partial charge < -0.3 is 9.32 Å². The molecule has 262 valence electrons.